The third-order valence-corrected chi connectivity index (χ3v) is 0.759. The first-order valence-electron chi connectivity index (χ1n) is 2.21. The average molecular weight is 120 g/mol. The van der Waals surface area contributed by atoms with E-state index in [1.807, 2.05) is 13.8 Å². The van der Waals surface area contributed by atoms with Gasteiger partial charge in [0.05, 0.1) is 0 Å². The molecule has 0 radical (unpaired) electrons. The minimum absolute atomic E-state index is 0. The van der Waals surface area contributed by atoms with E-state index in [9.17, 15) is 0 Å². The molecule has 1 aliphatic heterocycles. The van der Waals surface area contributed by atoms with Gasteiger partial charge in [-0.2, -0.15) is 0 Å². The fraction of sp³-hybridized carbons (Fsp3) is 0.600. The normalized spacial score (nSPS) is 20.8. The topological polar surface area (TPSA) is 18.5 Å². The van der Waals surface area contributed by atoms with Crippen molar-refractivity contribution in [2.24, 2.45) is 0 Å². The van der Waals surface area contributed by atoms with Crippen molar-refractivity contribution < 1.29 is 14.2 Å². The summed E-state index contributed by atoms with van der Waals surface area (Å²) in [5.74, 6) is -0.417. The summed E-state index contributed by atoms with van der Waals surface area (Å²) in [6, 6.07) is 0. The molecule has 0 spiro atoms. The molecule has 48 valence electrons. The molecule has 1 aliphatic rings. The molecular weight excluding hydrogens is 111 g/mol. The van der Waals surface area contributed by atoms with Crippen LogP contribution >= 0.6 is 0 Å². The zero-order chi connectivity index (χ0) is 5.33. The fourth-order valence-electron chi connectivity index (χ4n) is 0.411. The molecule has 3 heteroatoms. The minimum Gasteiger partial charge on any atom is -0.457 e. The summed E-state index contributed by atoms with van der Waals surface area (Å²) < 4.78 is 9.88. The van der Waals surface area contributed by atoms with Crippen LogP contribution in [0.3, 0.4) is 0 Å². The Kier molecular flexibility index (Phi) is 1.84. The van der Waals surface area contributed by atoms with E-state index in [4.69, 9.17) is 9.47 Å². The second-order valence-corrected chi connectivity index (χ2v) is 1.91. The molecule has 0 unspecified atom stereocenters. The summed E-state index contributed by atoms with van der Waals surface area (Å²) in [6.45, 7) is 3.71. The quantitative estimate of drug-likeness (QED) is 0.481. The lowest BCUT2D eigenvalue weighted by atomic mass is 10.4. The Bertz CT molecular complexity index is 88.6. The van der Waals surface area contributed by atoms with E-state index in [1.165, 1.54) is 0 Å². The predicted molar refractivity (Wildman–Crippen MR) is 27.9 cm³/mol. The highest BCUT2D eigenvalue weighted by Crippen LogP contribution is 2.16. The largest absolute Gasteiger partial charge is 0.457 e. The lowest BCUT2D eigenvalue weighted by Gasteiger charge is -2.15. The maximum Gasteiger partial charge on any atom is 0.244 e. The first-order chi connectivity index (χ1) is 3.21. The molecule has 0 aromatic carbocycles. The molecule has 0 aromatic rings. The van der Waals surface area contributed by atoms with Crippen molar-refractivity contribution >= 4 is 0 Å². The van der Waals surface area contributed by atoms with E-state index in [2.05, 4.69) is 0 Å². The molecule has 1 rings (SSSR count). The number of hydrogen-bond acceptors (Lipinski definition) is 2. The van der Waals surface area contributed by atoms with Gasteiger partial charge in [-0.25, -0.2) is 0 Å². The van der Waals surface area contributed by atoms with Gasteiger partial charge >= 0.3 is 0 Å². The molecule has 8 heavy (non-hydrogen) atoms. The molecule has 0 aliphatic carbocycles. The van der Waals surface area contributed by atoms with Crippen molar-refractivity contribution in [2.75, 3.05) is 0 Å². The molecule has 0 atom stereocenters. The summed E-state index contributed by atoms with van der Waals surface area (Å²) in [4.78, 5) is 0. The number of halogens is 1. The Labute approximate surface area is 47.5 Å². The van der Waals surface area contributed by atoms with Gasteiger partial charge in [-0.15, -0.1) is 0 Å². The predicted octanol–water partition coefficient (Wildman–Crippen LogP) is 1.39. The van der Waals surface area contributed by atoms with Crippen LogP contribution < -0.4 is 0 Å². The van der Waals surface area contributed by atoms with Gasteiger partial charge in [0.2, 0.25) is 5.79 Å². The Hall–Kier alpha value is -0.730. The van der Waals surface area contributed by atoms with Crippen LogP contribution in [0.4, 0.5) is 4.70 Å². The SMILES string of the molecule is CC1(C)OC=CO1.F. The van der Waals surface area contributed by atoms with Gasteiger partial charge in [-0.3, -0.25) is 4.70 Å². The highest BCUT2D eigenvalue weighted by Gasteiger charge is 2.20. The molecule has 0 amide bonds. The van der Waals surface area contributed by atoms with Crippen LogP contribution in [0.5, 0.6) is 0 Å². The van der Waals surface area contributed by atoms with Gasteiger partial charge in [-0.1, -0.05) is 0 Å². The van der Waals surface area contributed by atoms with Crippen LogP contribution in [0.15, 0.2) is 12.5 Å². The van der Waals surface area contributed by atoms with Crippen LogP contribution in [0.25, 0.3) is 0 Å². The summed E-state index contributed by atoms with van der Waals surface area (Å²) in [5.41, 5.74) is 0. The summed E-state index contributed by atoms with van der Waals surface area (Å²) in [6.07, 6.45) is 3.08. The summed E-state index contributed by atoms with van der Waals surface area (Å²) >= 11 is 0. The summed E-state index contributed by atoms with van der Waals surface area (Å²) in [5, 5.41) is 0. The Morgan fingerprint density at radius 2 is 1.50 bits per heavy atom. The van der Waals surface area contributed by atoms with Crippen LogP contribution in [-0.2, 0) is 9.47 Å². The van der Waals surface area contributed by atoms with Crippen LogP contribution in [-0.4, -0.2) is 5.79 Å². The highest BCUT2D eigenvalue weighted by atomic mass is 19.0. The van der Waals surface area contributed by atoms with Gasteiger partial charge < -0.3 is 9.47 Å². The molecule has 0 saturated carbocycles. The van der Waals surface area contributed by atoms with E-state index in [0.29, 0.717) is 0 Å². The Balaban J connectivity index is 0.000000490. The third kappa shape index (κ3) is 1.40. The van der Waals surface area contributed by atoms with Crippen molar-refractivity contribution in [2.45, 2.75) is 19.6 Å². The molecule has 0 aromatic heterocycles. The van der Waals surface area contributed by atoms with Crippen molar-refractivity contribution in [3.8, 4) is 0 Å². The molecule has 0 saturated heterocycles. The number of rotatable bonds is 0. The van der Waals surface area contributed by atoms with E-state index in [1.54, 1.807) is 12.5 Å². The molecule has 0 fully saturated rings. The maximum absolute atomic E-state index is 4.94. The van der Waals surface area contributed by atoms with Crippen molar-refractivity contribution in [1.82, 2.24) is 0 Å². The number of hydrogen-bond donors (Lipinski definition) is 0. The summed E-state index contributed by atoms with van der Waals surface area (Å²) in [7, 11) is 0. The van der Waals surface area contributed by atoms with Gasteiger partial charge in [0.1, 0.15) is 12.5 Å². The molecule has 2 nitrogen and oxygen atoms in total. The van der Waals surface area contributed by atoms with Gasteiger partial charge in [0.15, 0.2) is 0 Å². The number of ether oxygens (including phenoxy) is 2. The smallest absolute Gasteiger partial charge is 0.244 e. The molecule has 0 N–H and O–H groups in total. The van der Waals surface area contributed by atoms with Crippen LogP contribution in [0.2, 0.25) is 0 Å². The minimum atomic E-state index is -0.417. The third-order valence-electron chi connectivity index (χ3n) is 0.759. The van der Waals surface area contributed by atoms with Gasteiger partial charge in [0.25, 0.3) is 0 Å². The zero-order valence-corrected chi connectivity index (χ0v) is 4.88. The average Bonchev–Trinajstić information content (AvgIpc) is 1.84. The van der Waals surface area contributed by atoms with Gasteiger partial charge in [0, 0.05) is 13.8 Å². The standard InChI is InChI=1S/C5H8O2.FH/c1-5(2)6-3-4-7-5;/h3-4H,1-2H3;1H. The van der Waals surface area contributed by atoms with Crippen LogP contribution in [0, 0.1) is 0 Å². The van der Waals surface area contributed by atoms with Gasteiger partial charge in [-0.05, 0) is 0 Å². The lowest BCUT2D eigenvalue weighted by Crippen LogP contribution is -2.18. The molecule has 1 heterocycles. The lowest BCUT2D eigenvalue weighted by molar-refractivity contribution is -0.108. The monoisotopic (exact) mass is 120 g/mol. The molecule has 0 bridgehead atoms. The zero-order valence-electron chi connectivity index (χ0n) is 4.88. The second-order valence-electron chi connectivity index (χ2n) is 1.91. The first kappa shape index (κ1) is 7.27. The second kappa shape index (κ2) is 2.03. The maximum atomic E-state index is 4.94. The highest BCUT2D eigenvalue weighted by molar-refractivity contribution is 4.75. The molecular formula is C5H9FO2. The van der Waals surface area contributed by atoms with E-state index in [0.717, 1.165) is 0 Å². The fourth-order valence-corrected chi connectivity index (χ4v) is 0.411. The van der Waals surface area contributed by atoms with E-state index in [-0.39, 0.29) is 4.70 Å². The van der Waals surface area contributed by atoms with E-state index >= 15 is 0 Å². The first-order valence-corrected chi connectivity index (χ1v) is 2.21. The van der Waals surface area contributed by atoms with Crippen molar-refractivity contribution in [3.05, 3.63) is 12.5 Å². The van der Waals surface area contributed by atoms with Crippen LogP contribution in [0.1, 0.15) is 13.8 Å². The Morgan fingerprint density at radius 3 is 1.62 bits per heavy atom. The van der Waals surface area contributed by atoms with Crippen molar-refractivity contribution in [1.29, 1.82) is 0 Å². The van der Waals surface area contributed by atoms with E-state index < -0.39 is 5.79 Å². The Morgan fingerprint density at radius 1 is 1.12 bits per heavy atom. The van der Waals surface area contributed by atoms with Crippen molar-refractivity contribution in [3.63, 3.8) is 0 Å².